The molecule has 1 amide bonds. The predicted octanol–water partition coefficient (Wildman–Crippen LogP) is 3.79. The summed E-state index contributed by atoms with van der Waals surface area (Å²) in [5, 5.41) is 3.58. The molecule has 33 heavy (non-hydrogen) atoms. The molecule has 3 aromatic heterocycles. The fourth-order valence-electron chi connectivity index (χ4n) is 4.62. The number of hydrogen-bond acceptors (Lipinski definition) is 5. The molecule has 4 heterocycles. The van der Waals surface area contributed by atoms with Crippen LogP contribution in [0, 0.1) is 6.92 Å². The first-order chi connectivity index (χ1) is 16.0. The lowest BCUT2D eigenvalue weighted by Crippen LogP contribution is -2.19. The Morgan fingerprint density at radius 3 is 2.73 bits per heavy atom. The summed E-state index contributed by atoms with van der Waals surface area (Å²) in [6, 6.07) is 15.9. The van der Waals surface area contributed by atoms with E-state index in [9.17, 15) is 4.79 Å². The lowest BCUT2D eigenvalue weighted by molar-refractivity contribution is 0.0994. The highest BCUT2D eigenvalue weighted by Gasteiger charge is 2.22. The third-order valence-corrected chi connectivity index (χ3v) is 6.25. The Hall–Kier alpha value is -3.71. The number of nitrogens with one attached hydrogen (secondary N) is 1. The molecule has 0 radical (unpaired) electrons. The molecule has 0 saturated heterocycles. The second-order valence-electron chi connectivity index (χ2n) is 8.72. The average Bonchev–Trinajstić information content (AvgIpc) is 3.02. The number of amides is 1. The van der Waals surface area contributed by atoms with Crippen LogP contribution in [0.1, 0.15) is 39.3 Å². The van der Waals surface area contributed by atoms with Crippen molar-refractivity contribution in [3.05, 3.63) is 82.8 Å². The van der Waals surface area contributed by atoms with Gasteiger partial charge in [-0.3, -0.25) is 4.79 Å². The van der Waals surface area contributed by atoms with Crippen molar-refractivity contribution in [2.45, 2.75) is 32.9 Å². The minimum atomic E-state index is -0.460. The number of aromatic nitrogens is 3. The Morgan fingerprint density at radius 2 is 1.94 bits per heavy atom. The van der Waals surface area contributed by atoms with Crippen LogP contribution in [0.4, 0.5) is 5.82 Å². The van der Waals surface area contributed by atoms with Gasteiger partial charge in [-0.25, -0.2) is 9.97 Å². The van der Waals surface area contributed by atoms with Crippen molar-refractivity contribution in [3.63, 3.8) is 0 Å². The molecular weight excluding hydrogens is 412 g/mol. The molecule has 1 aromatic carbocycles. The van der Waals surface area contributed by atoms with Gasteiger partial charge in [0.1, 0.15) is 11.5 Å². The summed E-state index contributed by atoms with van der Waals surface area (Å²) in [7, 11) is 2.14. The summed E-state index contributed by atoms with van der Waals surface area (Å²) in [5.74, 6) is 1.09. The van der Waals surface area contributed by atoms with Crippen LogP contribution >= 0.6 is 0 Å². The van der Waals surface area contributed by atoms with Gasteiger partial charge in [0.25, 0.3) is 5.91 Å². The molecule has 0 spiro atoms. The van der Waals surface area contributed by atoms with Gasteiger partial charge >= 0.3 is 0 Å². The lowest BCUT2D eigenvalue weighted by Gasteiger charge is -2.18. The highest BCUT2D eigenvalue weighted by molar-refractivity contribution is 5.93. The molecule has 4 aromatic rings. The van der Waals surface area contributed by atoms with Crippen LogP contribution in [-0.4, -0.2) is 38.8 Å². The van der Waals surface area contributed by atoms with E-state index in [0.717, 1.165) is 59.7 Å². The molecule has 0 saturated carbocycles. The maximum atomic E-state index is 12.0. The third-order valence-electron chi connectivity index (χ3n) is 6.25. The minimum absolute atomic E-state index is 0.445. The molecule has 3 N–H and O–H groups in total. The van der Waals surface area contributed by atoms with Gasteiger partial charge in [-0.15, -0.1) is 0 Å². The summed E-state index contributed by atoms with van der Waals surface area (Å²) in [6.45, 7) is 4.55. The van der Waals surface area contributed by atoms with Gasteiger partial charge < -0.3 is 20.4 Å². The van der Waals surface area contributed by atoms with Gasteiger partial charge in [0, 0.05) is 30.4 Å². The van der Waals surface area contributed by atoms with E-state index < -0.39 is 5.91 Å². The monoisotopic (exact) mass is 440 g/mol. The molecule has 168 valence electrons. The van der Waals surface area contributed by atoms with E-state index in [1.54, 1.807) is 6.07 Å². The molecule has 0 aliphatic carbocycles. The fraction of sp³-hybridized carbons (Fsp3) is 0.269. The summed E-state index contributed by atoms with van der Waals surface area (Å²) >= 11 is 0. The zero-order valence-electron chi connectivity index (χ0n) is 19.0. The molecule has 5 rings (SSSR count). The Bertz CT molecular complexity index is 1330. The average molecular weight is 441 g/mol. The number of aryl methyl sites for hydroxylation is 2. The van der Waals surface area contributed by atoms with E-state index in [0.29, 0.717) is 18.1 Å². The number of nitrogens with zero attached hydrogens (tertiary/aromatic N) is 4. The molecular formula is C26H28N6O. The second kappa shape index (κ2) is 8.67. The normalized spacial score (nSPS) is 14.1. The van der Waals surface area contributed by atoms with Crippen LogP contribution in [0.25, 0.3) is 16.9 Å². The second-order valence-corrected chi connectivity index (χ2v) is 8.72. The largest absolute Gasteiger partial charge is 0.366 e. The number of pyridine rings is 1. The number of rotatable bonds is 5. The number of benzene rings is 1. The SMILES string of the molecule is Cc1cn2c(C(N)=O)cccc2c1-c1nc2c(c(NCc3ccccc3)n1)CN(C)CCC2. The number of fused-ring (bicyclic) bond motifs is 2. The van der Waals surface area contributed by atoms with E-state index in [2.05, 4.69) is 29.4 Å². The zero-order valence-corrected chi connectivity index (χ0v) is 19.0. The van der Waals surface area contributed by atoms with Crippen molar-refractivity contribution >= 4 is 17.2 Å². The summed E-state index contributed by atoms with van der Waals surface area (Å²) in [6.07, 6.45) is 3.90. The predicted molar refractivity (Wildman–Crippen MR) is 130 cm³/mol. The van der Waals surface area contributed by atoms with Crippen LogP contribution in [0.15, 0.2) is 54.7 Å². The molecule has 7 heteroatoms. The molecule has 0 fully saturated rings. The smallest absolute Gasteiger partial charge is 0.265 e. The van der Waals surface area contributed by atoms with Gasteiger partial charge in [-0.2, -0.15) is 0 Å². The molecule has 7 nitrogen and oxygen atoms in total. The fourth-order valence-corrected chi connectivity index (χ4v) is 4.62. The number of primary amides is 1. The number of hydrogen-bond donors (Lipinski definition) is 2. The van der Waals surface area contributed by atoms with Crippen molar-refractivity contribution in [3.8, 4) is 11.4 Å². The van der Waals surface area contributed by atoms with E-state index in [1.807, 2.05) is 47.9 Å². The highest BCUT2D eigenvalue weighted by atomic mass is 16.1. The van der Waals surface area contributed by atoms with Crippen molar-refractivity contribution < 1.29 is 4.79 Å². The molecule has 0 unspecified atom stereocenters. The van der Waals surface area contributed by atoms with E-state index >= 15 is 0 Å². The standard InChI is InChI=1S/C26H28N6O/c1-17-15-32-21(11-6-12-22(32)24(27)33)23(17)26-29-20-10-7-13-31(2)16-19(20)25(30-26)28-14-18-8-4-3-5-9-18/h3-6,8-9,11-12,15H,7,10,13-14,16H2,1-2H3,(H2,27,33)(H,28,29,30). The Labute approximate surface area is 193 Å². The van der Waals surface area contributed by atoms with Crippen LogP contribution < -0.4 is 11.1 Å². The summed E-state index contributed by atoms with van der Waals surface area (Å²) in [5.41, 5.74) is 12.3. The van der Waals surface area contributed by atoms with Crippen LogP contribution in [0.5, 0.6) is 0 Å². The minimum Gasteiger partial charge on any atom is -0.366 e. The first kappa shape index (κ1) is 21.2. The topological polar surface area (TPSA) is 88.5 Å². The van der Waals surface area contributed by atoms with Crippen molar-refractivity contribution in [2.75, 3.05) is 18.9 Å². The lowest BCUT2D eigenvalue weighted by atomic mass is 10.1. The third kappa shape index (κ3) is 4.07. The summed E-state index contributed by atoms with van der Waals surface area (Å²) < 4.78 is 1.84. The highest BCUT2D eigenvalue weighted by Crippen LogP contribution is 2.32. The van der Waals surface area contributed by atoms with Gasteiger partial charge in [-0.05, 0) is 56.6 Å². The van der Waals surface area contributed by atoms with Gasteiger partial charge in [0.2, 0.25) is 0 Å². The number of nitrogens with two attached hydrogens (primary N) is 1. The van der Waals surface area contributed by atoms with E-state index in [4.69, 9.17) is 15.7 Å². The van der Waals surface area contributed by atoms with Gasteiger partial charge in [0.05, 0.1) is 11.2 Å². The number of carbonyl (C=O) groups excluding carboxylic acids is 1. The van der Waals surface area contributed by atoms with Crippen molar-refractivity contribution in [1.82, 2.24) is 19.3 Å². The van der Waals surface area contributed by atoms with Crippen molar-refractivity contribution in [2.24, 2.45) is 5.73 Å². The maximum absolute atomic E-state index is 12.0. The Balaban J connectivity index is 1.64. The van der Waals surface area contributed by atoms with E-state index in [1.165, 1.54) is 5.56 Å². The Kier molecular flexibility index (Phi) is 5.56. The quantitative estimate of drug-likeness (QED) is 0.493. The zero-order chi connectivity index (χ0) is 22.9. The molecule has 1 aliphatic heterocycles. The molecule has 1 aliphatic rings. The molecule has 0 bridgehead atoms. The molecule has 0 atom stereocenters. The van der Waals surface area contributed by atoms with Gasteiger partial charge in [-0.1, -0.05) is 36.4 Å². The summed E-state index contributed by atoms with van der Waals surface area (Å²) in [4.78, 5) is 24.4. The van der Waals surface area contributed by atoms with Crippen LogP contribution in [0.3, 0.4) is 0 Å². The first-order valence-corrected chi connectivity index (χ1v) is 11.3. The van der Waals surface area contributed by atoms with E-state index in [-0.39, 0.29) is 0 Å². The van der Waals surface area contributed by atoms with Crippen LogP contribution in [0.2, 0.25) is 0 Å². The Morgan fingerprint density at radius 1 is 1.12 bits per heavy atom. The first-order valence-electron chi connectivity index (χ1n) is 11.3. The van der Waals surface area contributed by atoms with Crippen LogP contribution in [-0.2, 0) is 19.5 Å². The van der Waals surface area contributed by atoms with Crippen molar-refractivity contribution in [1.29, 1.82) is 0 Å². The van der Waals surface area contributed by atoms with Gasteiger partial charge in [0.15, 0.2) is 5.82 Å². The number of carbonyl (C=O) groups is 1. The number of anilines is 1. The maximum Gasteiger partial charge on any atom is 0.265 e.